The van der Waals surface area contributed by atoms with Crippen molar-refractivity contribution in [2.75, 3.05) is 0 Å². The van der Waals surface area contributed by atoms with E-state index in [0.29, 0.717) is 5.69 Å². The minimum absolute atomic E-state index is 0.205. The van der Waals surface area contributed by atoms with Gasteiger partial charge in [-0.2, -0.15) is 23.4 Å². The summed E-state index contributed by atoms with van der Waals surface area (Å²) < 4.78 is 40.6. The summed E-state index contributed by atoms with van der Waals surface area (Å²) in [6.45, 7) is 3.18. The summed E-state index contributed by atoms with van der Waals surface area (Å²) in [5.41, 5.74) is -0.0709. The SMILES string of the molecule is Cc1cc(C(F)(F)F)nn1C(C)C(=O)NCc1ccn(C)n1. The van der Waals surface area contributed by atoms with Crippen LogP contribution in [-0.4, -0.2) is 25.5 Å². The minimum atomic E-state index is -4.53. The molecule has 9 heteroatoms. The van der Waals surface area contributed by atoms with Crippen LogP contribution in [-0.2, 0) is 24.6 Å². The van der Waals surface area contributed by atoms with Gasteiger partial charge in [0.2, 0.25) is 5.91 Å². The van der Waals surface area contributed by atoms with E-state index in [0.717, 1.165) is 10.7 Å². The molecule has 1 unspecified atom stereocenters. The zero-order valence-electron chi connectivity index (χ0n) is 12.3. The first-order valence-corrected chi connectivity index (χ1v) is 6.58. The van der Waals surface area contributed by atoms with Gasteiger partial charge in [-0.15, -0.1) is 0 Å². The predicted octanol–water partition coefficient (Wildman–Crippen LogP) is 1.82. The molecule has 2 heterocycles. The lowest BCUT2D eigenvalue weighted by Crippen LogP contribution is -2.31. The highest BCUT2D eigenvalue weighted by molar-refractivity contribution is 5.79. The molecule has 0 saturated heterocycles. The molecule has 2 aromatic heterocycles. The van der Waals surface area contributed by atoms with Crippen LogP contribution in [0.25, 0.3) is 0 Å². The van der Waals surface area contributed by atoms with Gasteiger partial charge >= 0.3 is 6.18 Å². The second kappa shape index (κ2) is 5.82. The van der Waals surface area contributed by atoms with E-state index in [-0.39, 0.29) is 12.2 Å². The summed E-state index contributed by atoms with van der Waals surface area (Å²) in [5.74, 6) is -0.425. The number of carbonyl (C=O) groups is 1. The second-order valence-electron chi connectivity index (χ2n) is 4.99. The Balaban J connectivity index is 2.05. The number of hydrogen-bond donors (Lipinski definition) is 1. The molecule has 0 aliphatic heterocycles. The van der Waals surface area contributed by atoms with Crippen molar-refractivity contribution in [2.45, 2.75) is 32.6 Å². The molecular formula is C13H16F3N5O. The summed E-state index contributed by atoms with van der Waals surface area (Å²) in [4.78, 5) is 12.0. The molecular weight excluding hydrogens is 299 g/mol. The van der Waals surface area contributed by atoms with Gasteiger partial charge in [0.1, 0.15) is 6.04 Å². The van der Waals surface area contributed by atoms with Crippen LogP contribution in [0.15, 0.2) is 18.3 Å². The van der Waals surface area contributed by atoms with Crippen molar-refractivity contribution in [1.82, 2.24) is 24.9 Å². The van der Waals surface area contributed by atoms with Gasteiger partial charge in [-0.3, -0.25) is 14.2 Å². The van der Waals surface area contributed by atoms with Crippen molar-refractivity contribution in [3.8, 4) is 0 Å². The van der Waals surface area contributed by atoms with Crippen LogP contribution in [0.1, 0.15) is 30.0 Å². The molecule has 0 spiro atoms. The lowest BCUT2D eigenvalue weighted by molar-refractivity contribution is -0.142. The van der Waals surface area contributed by atoms with E-state index >= 15 is 0 Å². The van der Waals surface area contributed by atoms with Crippen LogP contribution in [0.3, 0.4) is 0 Å². The average Bonchev–Trinajstić information content (AvgIpc) is 3.00. The number of nitrogens with one attached hydrogen (secondary N) is 1. The van der Waals surface area contributed by atoms with Gasteiger partial charge in [-0.05, 0) is 26.0 Å². The third kappa shape index (κ3) is 3.46. The Kier molecular flexibility index (Phi) is 4.25. The van der Waals surface area contributed by atoms with Gasteiger partial charge < -0.3 is 5.32 Å². The first-order chi connectivity index (χ1) is 10.2. The summed E-state index contributed by atoms with van der Waals surface area (Å²) in [7, 11) is 1.75. The van der Waals surface area contributed by atoms with Crippen molar-refractivity contribution >= 4 is 5.91 Å². The number of hydrogen-bond acceptors (Lipinski definition) is 3. The van der Waals surface area contributed by atoms with Crippen molar-refractivity contribution in [3.05, 3.63) is 35.4 Å². The van der Waals surface area contributed by atoms with Crippen LogP contribution in [0, 0.1) is 6.92 Å². The van der Waals surface area contributed by atoms with Crippen LogP contribution in [0.2, 0.25) is 0 Å². The van der Waals surface area contributed by atoms with E-state index in [4.69, 9.17) is 0 Å². The highest BCUT2D eigenvalue weighted by Gasteiger charge is 2.35. The summed E-state index contributed by atoms with van der Waals surface area (Å²) >= 11 is 0. The number of alkyl halides is 3. The molecule has 0 saturated carbocycles. The van der Waals surface area contributed by atoms with Crippen molar-refractivity contribution in [3.63, 3.8) is 0 Å². The summed E-state index contributed by atoms with van der Waals surface area (Å²) in [5, 5.41) is 10.2. The number of nitrogens with zero attached hydrogens (tertiary/aromatic N) is 4. The Hall–Kier alpha value is -2.32. The van der Waals surface area contributed by atoms with Gasteiger partial charge in [-0.25, -0.2) is 0 Å². The second-order valence-corrected chi connectivity index (χ2v) is 4.99. The van der Waals surface area contributed by atoms with Crippen LogP contribution in [0.5, 0.6) is 0 Å². The van der Waals surface area contributed by atoms with Crippen molar-refractivity contribution < 1.29 is 18.0 Å². The van der Waals surface area contributed by atoms with E-state index in [1.165, 1.54) is 13.8 Å². The van der Waals surface area contributed by atoms with Gasteiger partial charge in [0, 0.05) is 18.9 Å². The normalized spacial score (nSPS) is 13.2. The molecule has 0 aliphatic carbocycles. The smallest absolute Gasteiger partial charge is 0.349 e. The molecule has 0 fully saturated rings. The van der Waals surface area contributed by atoms with Crippen molar-refractivity contribution in [2.24, 2.45) is 7.05 Å². The fourth-order valence-corrected chi connectivity index (χ4v) is 2.01. The molecule has 22 heavy (non-hydrogen) atoms. The largest absolute Gasteiger partial charge is 0.435 e. The molecule has 2 aromatic rings. The van der Waals surface area contributed by atoms with Crippen LogP contribution >= 0.6 is 0 Å². The summed E-state index contributed by atoms with van der Waals surface area (Å²) in [6.07, 6.45) is -2.79. The standard InChI is InChI=1S/C13H16F3N5O/c1-8-6-11(13(14,15)16)19-21(8)9(2)12(22)17-7-10-4-5-20(3)18-10/h4-6,9H,7H2,1-3H3,(H,17,22). The molecule has 0 aliphatic rings. The number of aromatic nitrogens is 4. The molecule has 120 valence electrons. The van der Waals surface area contributed by atoms with Gasteiger partial charge in [0.15, 0.2) is 5.69 Å². The average molecular weight is 315 g/mol. The fraction of sp³-hybridized carbons (Fsp3) is 0.462. The molecule has 0 radical (unpaired) electrons. The van der Waals surface area contributed by atoms with E-state index in [1.807, 2.05) is 0 Å². The zero-order valence-corrected chi connectivity index (χ0v) is 12.3. The topological polar surface area (TPSA) is 64.7 Å². The van der Waals surface area contributed by atoms with Crippen molar-refractivity contribution in [1.29, 1.82) is 0 Å². The highest BCUT2D eigenvalue weighted by atomic mass is 19.4. The maximum absolute atomic E-state index is 12.6. The van der Waals surface area contributed by atoms with E-state index in [9.17, 15) is 18.0 Å². The molecule has 6 nitrogen and oxygen atoms in total. The van der Waals surface area contributed by atoms with Crippen LogP contribution in [0.4, 0.5) is 13.2 Å². The van der Waals surface area contributed by atoms with Gasteiger partial charge in [-0.1, -0.05) is 0 Å². The number of amides is 1. The molecule has 2 rings (SSSR count). The molecule has 1 atom stereocenters. The maximum Gasteiger partial charge on any atom is 0.435 e. The molecule has 1 amide bonds. The Bertz CT molecular complexity index is 674. The fourth-order valence-electron chi connectivity index (χ4n) is 2.01. The molecule has 0 aromatic carbocycles. The Morgan fingerprint density at radius 2 is 2.09 bits per heavy atom. The number of carbonyl (C=O) groups excluding carboxylic acids is 1. The van der Waals surface area contributed by atoms with Gasteiger partial charge in [0.25, 0.3) is 0 Å². The minimum Gasteiger partial charge on any atom is -0.349 e. The third-order valence-electron chi connectivity index (χ3n) is 3.17. The first-order valence-electron chi connectivity index (χ1n) is 6.58. The van der Waals surface area contributed by atoms with E-state index < -0.39 is 23.8 Å². The van der Waals surface area contributed by atoms with Gasteiger partial charge in [0.05, 0.1) is 12.2 Å². The number of halogens is 3. The number of rotatable bonds is 4. The van der Waals surface area contributed by atoms with Crippen LogP contribution < -0.4 is 5.32 Å². The first kappa shape index (κ1) is 16.1. The Morgan fingerprint density at radius 3 is 2.59 bits per heavy atom. The zero-order chi connectivity index (χ0) is 16.5. The monoisotopic (exact) mass is 315 g/mol. The number of aryl methyl sites for hydroxylation is 2. The summed E-state index contributed by atoms with van der Waals surface area (Å²) in [6, 6.07) is 1.81. The molecule has 0 bridgehead atoms. The molecule has 1 N–H and O–H groups in total. The van der Waals surface area contributed by atoms with E-state index in [1.54, 1.807) is 24.0 Å². The predicted molar refractivity (Wildman–Crippen MR) is 71.7 cm³/mol. The highest BCUT2D eigenvalue weighted by Crippen LogP contribution is 2.29. The lowest BCUT2D eigenvalue weighted by Gasteiger charge is -2.14. The third-order valence-corrected chi connectivity index (χ3v) is 3.17. The maximum atomic E-state index is 12.6. The Labute approximate surface area is 124 Å². The Morgan fingerprint density at radius 1 is 1.41 bits per heavy atom. The lowest BCUT2D eigenvalue weighted by atomic mass is 10.3. The van der Waals surface area contributed by atoms with E-state index in [2.05, 4.69) is 15.5 Å². The quantitative estimate of drug-likeness (QED) is 0.936.